The predicted molar refractivity (Wildman–Crippen MR) is 66.9 cm³/mol. The highest BCUT2D eigenvalue weighted by molar-refractivity contribution is 7.09. The Morgan fingerprint density at radius 3 is 3.06 bits per heavy atom. The Bertz CT molecular complexity index is 302. The molecule has 0 aromatic carbocycles. The Labute approximate surface area is 101 Å². The first-order valence-corrected chi connectivity index (χ1v) is 6.93. The maximum atomic E-state index is 10.2. The Balaban J connectivity index is 1.84. The number of aryl methyl sites for hydroxylation is 1. The van der Waals surface area contributed by atoms with Crippen LogP contribution in [0.5, 0.6) is 0 Å². The van der Waals surface area contributed by atoms with Crippen LogP contribution in [0.25, 0.3) is 0 Å². The van der Waals surface area contributed by atoms with E-state index in [-0.39, 0.29) is 11.7 Å². The first-order chi connectivity index (χ1) is 7.71. The van der Waals surface area contributed by atoms with Crippen LogP contribution in [0.4, 0.5) is 0 Å². The minimum atomic E-state index is -0.338. The van der Waals surface area contributed by atoms with Gasteiger partial charge in [0.25, 0.3) is 0 Å². The zero-order valence-corrected chi connectivity index (χ0v) is 10.6. The van der Waals surface area contributed by atoms with Crippen molar-refractivity contribution in [1.29, 1.82) is 0 Å². The van der Waals surface area contributed by atoms with Crippen LogP contribution in [0.2, 0.25) is 0 Å². The highest BCUT2D eigenvalue weighted by atomic mass is 32.1. The van der Waals surface area contributed by atoms with Crippen LogP contribution in [0.1, 0.15) is 37.5 Å². The summed E-state index contributed by atoms with van der Waals surface area (Å²) in [6.07, 6.45) is 4.71. The molecule has 3 heteroatoms. The smallest absolute Gasteiger partial charge is 0.0912 e. The topological polar surface area (TPSA) is 29.5 Å². The van der Waals surface area contributed by atoms with E-state index >= 15 is 0 Å². The summed E-state index contributed by atoms with van der Waals surface area (Å²) >= 11 is 1.76. The standard InChI is InChI=1S/C13H20O2S/c1-13(8-2-3-9-15-13)12(14)7-6-11-5-4-10-16-11/h4-5,10,12,14H,2-3,6-9H2,1H3. The van der Waals surface area contributed by atoms with Crippen molar-refractivity contribution in [2.45, 2.75) is 50.7 Å². The van der Waals surface area contributed by atoms with Crippen molar-refractivity contribution in [3.05, 3.63) is 22.4 Å². The van der Waals surface area contributed by atoms with Gasteiger partial charge >= 0.3 is 0 Å². The fraction of sp³-hybridized carbons (Fsp3) is 0.692. The van der Waals surface area contributed by atoms with Crippen molar-refractivity contribution in [2.24, 2.45) is 0 Å². The second kappa shape index (κ2) is 5.30. The molecule has 1 aliphatic rings. The number of rotatable bonds is 4. The lowest BCUT2D eigenvalue weighted by atomic mass is 9.88. The zero-order chi connectivity index (χ0) is 11.4. The van der Waals surface area contributed by atoms with Gasteiger partial charge in [-0.25, -0.2) is 0 Å². The van der Waals surface area contributed by atoms with Crippen molar-refractivity contribution in [3.63, 3.8) is 0 Å². The monoisotopic (exact) mass is 240 g/mol. The maximum absolute atomic E-state index is 10.2. The number of hydrogen-bond donors (Lipinski definition) is 1. The molecular formula is C13H20O2S. The van der Waals surface area contributed by atoms with Crippen molar-refractivity contribution < 1.29 is 9.84 Å². The van der Waals surface area contributed by atoms with Crippen LogP contribution in [0, 0.1) is 0 Å². The molecule has 0 bridgehead atoms. The zero-order valence-electron chi connectivity index (χ0n) is 9.82. The molecule has 0 amide bonds. The molecule has 0 saturated carbocycles. The van der Waals surface area contributed by atoms with Crippen molar-refractivity contribution in [1.82, 2.24) is 0 Å². The summed E-state index contributed by atoms with van der Waals surface area (Å²) in [5, 5.41) is 12.3. The van der Waals surface area contributed by atoms with Gasteiger partial charge in [-0.3, -0.25) is 0 Å². The van der Waals surface area contributed by atoms with Gasteiger partial charge in [-0.2, -0.15) is 0 Å². The van der Waals surface area contributed by atoms with Gasteiger partial charge in [-0.1, -0.05) is 6.07 Å². The van der Waals surface area contributed by atoms with Crippen LogP contribution in [-0.2, 0) is 11.2 Å². The molecule has 2 rings (SSSR count). The van der Waals surface area contributed by atoms with Crippen molar-refractivity contribution >= 4 is 11.3 Å². The summed E-state index contributed by atoms with van der Waals surface area (Å²) in [7, 11) is 0. The van der Waals surface area contributed by atoms with E-state index in [2.05, 4.69) is 17.5 Å². The molecule has 2 unspecified atom stereocenters. The van der Waals surface area contributed by atoms with Gasteiger partial charge in [0, 0.05) is 11.5 Å². The average molecular weight is 240 g/mol. The van der Waals surface area contributed by atoms with Crippen LogP contribution in [0.3, 0.4) is 0 Å². The van der Waals surface area contributed by atoms with Gasteiger partial charge in [0.1, 0.15) is 0 Å². The molecule has 2 heterocycles. The van der Waals surface area contributed by atoms with E-state index in [4.69, 9.17) is 4.74 Å². The molecule has 1 N–H and O–H groups in total. The highest BCUT2D eigenvalue weighted by Crippen LogP contribution is 2.30. The molecule has 1 aromatic heterocycles. The molecule has 1 aliphatic heterocycles. The summed E-state index contributed by atoms with van der Waals surface area (Å²) in [5.74, 6) is 0. The third-order valence-electron chi connectivity index (χ3n) is 3.45. The van der Waals surface area contributed by atoms with Crippen LogP contribution >= 0.6 is 11.3 Å². The van der Waals surface area contributed by atoms with E-state index < -0.39 is 0 Å². The van der Waals surface area contributed by atoms with E-state index in [0.29, 0.717) is 0 Å². The predicted octanol–water partition coefficient (Wildman–Crippen LogP) is 3.00. The van der Waals surface area contributed by atoms with Crippen molar-refractivity contribution in [2.75, 3.05) is 6.61 Å². The van der Waals surface area contributed by atoms with Gasteiger partial charge in [-0.15, -0.1) is 11.3 Å². The molecule has 1 aromatic rings. The van der Waals surface area contributed by atoms with Gasteiger partial charge in [0.15, 0.2) is 0 Å². The average Bonchev–Trinajstić information content (AvgIpc) is 2.79. The number of hydrogen-bond acceptors (Lipinski definition) is 3. The number of thiophene rings is 1. The van der Waals surface area contributed by atoms with Crippen molar-refractivity contribution in [3.8, 4) is 0 Å². The molecule has 2 nitrogen and oxygen atoms in total. The molecule has 16 heavy (non-hydrogen) atoms. The number of aliphatic hydroxyl groups is 1. The van der Waals surface area contributed by atoms with Gasteiger partial charge in [0.05, 0.1) is 11.7 Å². The summed E-state index contributed by atoms with van der Waals surface area (Å²) in [4.78, 5) is 1.35. The molecular weight excluding hydrogens is 220 g/mol. The van der Waals surface area contributed by atoms with E-state index in [1.165, 1.54) is 11.3 Å². The fourth-order valence-corrected chi connectivity index (χ4v) is 2.98. The van der Waals surface area contributed by atoms with E-state index in [1.54, 1.807) is 11.3 Å². The third-order valence-corrected chi connectivity index (χ3v) is 4.38. The van der Waals surface area contributed by atoms with Crippen LogP contribution in [0.15, 0.2) is 17.5 Å². The molecule has 0 radical (unpaired) electrons. The lowest BCUT2D eigenvalue weighted by molar-refractivity contribution is -0.137. The van der Waals surface area contributed by atoms with Gasteiger partial charge in [-0.05, 0) is 50.5 Å². The minimum Gasteiger partial charge on any atom is -0.390 e. The summed E-state index contributed by atoms with van der Waals surface area (Å²) in [6.45, 7) is 2.85. The molecule has 1 fully saturated rings. The Kier molecular flexibility index (Phi) is 4.00. The summed E-state index contributed by atoms with van der Waals surface area (Å²) in [6, 6.07) is 4.19. The van der Waals surface area contributed by atoms with E-state index in [0.717, 1.165) is 32.3 Å². The third kappa shape index (κ3) is 2.84. The first kappa shape index (κ1) is 12.1. The molecule has 1 saturated heterocycles. The maximum Gasteiger partial charge on any atom is 0.0912 e. The molecule has 90 valence electrons. The second-order valence-electron chi connectivity index (χ2n) is 4.75. The minimum absolute atomic E-state index is 0.310. The summed E-state index contributed by atoms with van der Waals surface area (Å²) < 4.78 is 5.75. The summed E-state index contributed by atoms with van der Waals surface area (Å²) in [5.41, 5.74) is -0.310. The quantitative estimate of drug-likeness (QED) is 0.876. The Morgan fingerprint density at radius 1 is 1.56 bits per heavy atom. The molecule has 2 atom stereocenters. The van der Waals surface area contributed by atoms with Crippen LogP contribution in [-0.4, -0.2) is 23.4 Å². The SMILES string of the molecule is CC1(C(O)CCc2cccs2)CCCCO1. The first-order valence-electron chi connectivity index (χ1n) is 6.05. The normalized spacial score (nSPS) is 27.9. The Hall–Kier alpha value is -0.380. The fourth-order valence-electron chi connectivity index (χ4n) is 2.26. The largest absolute Gasteiger partial charge is 0.390 e. The van der Waals surface area contributed by atoms with Gasteiger partial charge < -0.3 is 9.84 Å². The lowest BCUT2D eigenvalue weighted by Gasteiger charge is -2.38. The second-order valence-corrected chi connectivity index (χ2v) is 5.78. The van der Waals surface area contributed by atoms with E-state index in [9.17, 15) is 5.11 Å². The molecule has 0 aliphatic carbocycles. The lowest BCUT2D eigenvalue weighted by Crippen LogP contribution is -2.44. The highest BCUT2D eigenvalue weighted by Gasteiger charge is 2.35. The number of aliphatic hydroxyl groups excluding tert-OH is 1. The van der Waals surface area contributed by atoms with Gasteiger partial charge in [0.2, 0.25) is 0 Å². The molecule has 0 spiro atoms. The van der Waals surface area contributed by atoms with E-state index in [1.807, 2.05) is 6.92 Å². The Morgan fingerprint density at radius 2 is 2.44 bits per heavy atom. The van der Waals surface area contributed by atoms with Crippen LogP contribution < -0.4 is 0 Å². The number of ether oxygens (including phenoxy) is 1.